The lowest BCUT2D eigenvalue weighted by Crippen LogP contribution is -2.55. The molecule has 0 spiro atoms. The smallest absolute Gasteiger partial charge is 0.408 e. The van der Waals surface area contributed by atoms with E-state index in [2.05, 4.69) is 26.9 Å². The summed E-state index contributed by atoms with van der Waals surface area (Å²) < 4.78 is 7.47. The predicted molar refractivity (Wildman–Crippen MR) is 114 cm³/mol. The number of aryl methyl sites for hydroxylation is 1. The number of nitrogens with zero attached hydrogens (tertiary/aromatic N) is 3. The third-order valence-electron chi connectivity index (χ3n) is 5.21. The number of carbonyl (C=O) groups excluding carboxylic acids is 2. The van der Waals surface area contributed by atoms with Crippen LogP contribution in [0, 0.1) is 0 Å². The number of hydrogen-bond donors (Lipinski definition) is 1. The van der Waals surface area contributed by atoms with Crippen molar-refractivity contribution in [3.05, 3.63) is 36.0 Å². The number of hydrogen-bond acceptors (Lipinski definition) is 4. The van der Waals surface area contributed by atoms with E-state index < -0.39 is 17.7 Å². The molecule has 0 saturated carbocycles. The highest BCUT2D eigenvalue weighted by Gasteiger charge is 2.30. The van der Waals surface area contributed by atoms with E-state index in [-0.39, 0.29) is 5.91 Å². The number of amides is 2. The second-order valence-corrected chi connectivity index (χ2v) is 8.81. The van der Waals surface area contributed by atoms with Crippen LogP contribution in [0.25, 0.3) is 10.9 Å². The van der Waals surface area contributed by atoms with Gasteiger partial charge >= 0.3 is 6.09 Å². The number of likely N-dealkylation sites (N-methyl/N-ethyl adjacent to an activating group) is 1. The topological polar surface area (TPSA) is 66.8 Å². The van der Waals surface area contributed by atoms with Gasteiger partial charge < -0.3 is 24.4 Å². The molecule has 7 nitrogen and oxygen atoms in total. The number of benzene rings is 1. The average molecular weight is 401 g/mol. The third-order valence-corrected chi connectivity index (χ3v) is 5.21. The summed E-state index contributed by atoms with van der Waals surface area (Å²) in [7, 11) is 4.04. The molecule has 0 radical (unpaired) electrons. The van der Waals surface area contributed by atoms with Crippen LogP contribution >= 0.6 is 0 Å². The highest BCUT2D eigenvalue weighted by molar-refractivity contribution is 5.88. The first-order valence-electron chi connectivity index (χ1n) is 10.1. The minimum atomic E-state index is -0.668. The van der Waals surface area contributed by atoms with Crippen LogP contribution < -0.4 is 5.32 Å². The summed E-state index contributed by atoms with van der Waals surface area (Å²) in [6.45, 7) is 8.44. The molecule has 1 aromatic heterocycles. The summed E-state index contributed by atoms with van der Waals surface area (Å²) in [5.74, 6) is -0.0584. The van der Waals surface area contributed by atoms with E-state index in [0.29, 0.717) is 19.5 Å². The van der Waals surface area contributed by atoms with Gasteiger partial charge in [0.25, 0.3) is 0 Å². The monoisotopic (exact) mass is 400 g/mol. The maximum absolute atomic E-state index is 13.3. The van der Waals surface area contributed by atoms with Gasteiger partial charge in [0.2, 0.25) is 5.91 Å². The zero-order chi connectivity index (χ0) is 21.2. The van der Waals surface area contributed by atoms with Crippen LogP contribution in [-0.2, 0) is 23.0 Å². The molecular weight excluding hydrogens is 368 g/mol. The molecular formula is C22H32N4O3. The number of fused-ring (bicyclic) bond motifs is 1. The maximum Gasteiger partial charge on any atom is 0.408 e. The van der Waals surface area contributed by atoms with Crippen LogP contribution in [0.4, 0.5) is 4.79 Å². The van der Waals surface area contributed by atoms with E-state index in [4.69, 9.17) is 4.74 Å². The summed E-state index contributed by atoms with van der Waals surface area (Å²) in [5.41, 5.74) is 1.52. The van der Waals surface area contributed by atoms with Crippen molar-refractivity contribution in [2.24, 2.45) is 7.05 Å². The fourth-order valence-electron chi connectivity index (χ4n) is 3.71. The first-order valence-corrected chi connectivity index (χ1v) is 10.1. The largest absolute Gasteiger partial charge is 0.444 e. The molecule has 1 N–H and O–H groups in total. The molecule has 1 unspecified atom stereocenters. The molecule has 0 bridgehead atoms. The molecule has 3 rings (SSSR count). The maximum atomic E-state index is 13.3. The number of nitrogens with one attached hydrogen (secondary N) is 1. The van der Waals surface area contributed by atoms with E-state index in [9.17, 15) is 9.59 Å². The van der Waals surface area contributed by atoms with Crippen LogP contribution in [0.3, 0.4) is 0 Å². The molecule has 2 aromatic rings. The molecule has 29 heavy (non-hydrogen) atoms. The average Bonchev–Trinajstić information content (AvgIpc) is 2.96. The van der Waals surface area contributed by atoms with Gasteiger partial charge in [-0.1, -0.05) is 18.2 Å². The number of carbonyl (C=O) groups is 2. The molecule has 1 aromatic carbocycles. The number of alkyl carbamates (subject to hydrolysis) is 1. The molecule has 2 heterocycles. The Morgan fingerprint density at radius 3 is 2.41 bits per heavy atom. The van der Waals surface area contributed by atoms with Gasteiger partial charge in [0.1, 0.15) is 11.6 Å². The second kappa shape index (κ2) is 8.45. The van der Waals surface area contributed by atoms with Crippen LogP contribution in [0.15, 0.2) is 30.5 Å². The molecule has 1 atom stereocenters. The van der Waals surface area contributed by atoms with Gasteiger partial charge in [-0.3, -0.25) is 4.79 Å². The Morgan fingerprint density at radius 1 is 1.10 bits per heavy atom. The van der Waals surface area contributed by atoms with E-state index in [1.54, 1.807) is 0 Å². The Morgan fingerprint density at radius 2 is 1.76 bits per heavy atom. The van der Waals surface area contributed by atoms with Crippen molar-refractivity contribution >= 4 is 22.9 Å². The zero-order valence-corrected chi connectivity index (χ0v) is 18.1. The van der Waals surface area contributed by atoms with Gasteiger partial charge in [0.15, 0.2) is 0 Å². The van der Waals surface area contributed by atoms with E-state index in [1.165, 1.54) is 0 Å². The SMILES string of the molecule is CN1CCN(C(=O)C(Cc2cn(C)c3ccccc23)NC(=O)OC(C)(C)C)CC1. The number of para-hydroxylation sites is 1. The van der Waals surface area contributed by atoms with Gasteiger partial charge in [-0.25, -0.2) is 4.79 Å². The predicted octanol–water partition coefficient (Wildman–Crippen LogP) is 2.39. The normalized spacial score (nSPS) is 16.7. The van der Waals surface area contributed by atoms with Gasteiger partial charge in [-0.2, -0.15) is 0 Å². The molecule has 0 aliphatic carbocycles. The Hall–Kier alpha value is -2.54. The first kappa shape index (κ1) is 21.2. The molecule has 158 valence electrons. The van der Waals surface area contributed by atoms with Crippen molar-refractivity contribution in [3.63, 3.8) is 0 Å². The first-order chi connectivity index (χ1) is 13.6. The van der Waals surface area contributed by atoms with Crippen molar-refractivity contribution in [1.29, 1.82) is 0 Å². The number of piperazine rings is 1. The Kier molecular flexibility index (Phi) is 6.17. The lowest BCUT2D eigenvalue weighted by atomic mass is 10.0. The van der Waals surface area contributed by atoms with Gasteiger partial charge in [0.05, 0.1) is 0 Å². The molecule has 1 saturated heterocycles. The van der Waals surface area contributed by atoms with Gasteiger partial charge in [-0.15, -0.1) is 0 Å². The molecule has 2 amide bonds. The highest BCUT2D eigenvalue weighted by atomic mass is 16.6. The van der Waals surface area contributed by atoms with Crippen LogP contribution in [0.2, 0.25) is 0 Å². The summed E-state index contributed by atoms with van der Waals surface area (Å²) >= 11 is 0. The van der Waals surface area contributed by atoms with Crippen molar-refractivity contribution in [2.45, 2.75) is 38.8 Å². The Balaban J connectivity index is 1.83. The lowest BCUT2D eigenvalue weighted by molar-refractivity contribution is -0.135. The van der Waals surface area contributed by atoms with Gasteiger partial charge in [0, 0.05) is 56.7 Å². The molecule has 7 heteroatoms. The Labute approximate surface area is 172 Å². The number of rotatable bonds is 4. The van der Waals surface area contributed by atoms with Crippen LogP contribution in [-0.4, -0.2) is 71.2 Å². The van der Waals surface area contributed by atoms with Crippen molar-refractivity contribution in [1.82, 2.24) is 19.7 Å². The highest BCUT2D eigenvalue weighted by Crippen LogP contribution is 2.22. The van der Waals surface area contributed by atoms with Crippen molar-refractivity contribution in [2.75, 3.05) is 33.2 Å². The molecule has 1 fully saturated rings. The minimum Gasteiger partial charge on any atom is -0.444 e. The minimum absolute atomic E-state index is 0.0584. The summed E-state index contributed by atoms with van der Waals surface area (Å²) in [6, 6.07) is 7.43. The van der Waals surface area contributed by atoms with E-state index in [1.807, 2.05) is 58.1 Å². The Bertz CT molecular complexity index is 876. The molecule has 1 aliphatic rings. The summed E-state index contributed by atoms with van der Waals surface area (Å²) in [4.78, 5) is 29.8. The third kappa shape index (κ3) is 5.29. The van der Waals surface area contributed by atoms with Crippen LogP contribution in [0.1, 0.15) is 26.3 Å². The van der Waals surface area contributed by atoms with E-state index >= 15 is 0 Å². The fraction of sp³-hybridized carbons (Fsp3) is 0.545. The van der Waals surface area contributed by atoms with E-state index in [0.717, 1.165) is 29.6 Å². The fourth-order valence-corrected chi connectivity index (χ4v) is 3.71. The van der Waals surface area contributed by atoms with Crippen molar-refractivity contribution in [3.8, 4) is 0 Å². The zero-order valence-electron chi connectivity index (χ0n) is 18.1. The summed E-state index contributed by atoms with van der Waals surface area (Å²) in [5, 5.41) is 3.92. The van der Waals surface area contributed by atoms with Gasteiger partial charge in [-0.05, 0) is 39.4 Å². The molecule has 1 aliphatic heterocycles. The van der Waals surface area contributed by atoms with Crippen LogP contribution in [0.5, 0.6) is 0 Å². The summed E-state index contributed by atoms with van der Waals surface area (Å²) in [6.07, 6.45) is 1.89. The van der Waals surface area contributed by atoms with Crippen molar-refractivity contribution < 1.29 is 14.3 Å². The lowest BCUT2D eigenvalue weighted by Gasteiger charge is -2.35. The standard InChI is InChI=1S/C22H32N4O3/c1-22(2,3)29-21(28)23-18(20(27)26-12-10-24(4)11-13-26)14-16-15-25(5)19-9-7-6-8-17(16)19/h6-9,15,18H,10-14H2,1-5H3,(H,23,28). The second-order valence-electron chi connectivity index (χ2n) is 8.81. The number of aromatic nitrogens is 1. The number of ether oxygens (including phenoxy) is 1. The quantitative estimate of drug-likeness (QED) is 0.856.